The number of carboxylic acid groups (broad SMARTS) is 1. The van der Waals surface area contributed by atoms with Crippen LogP contribution in [0.5, 0.6) is 5.75 Å². The van der Waals surface area contributed by atoms with Gasteiger partial charge in [-0.05, 0) is 45.8 Å². The van der Waals surface area contributed by atoms with E-state index in [0.717, 1.165) is 19.6 Å². The van der Waals surface area contributed by atoms with Crippen LogP contribution in [0, 0.1) is 0 Å². The number of carbonyl (C=O) groups is 2. The Bertz CT molecular complexity index is 900. The summed E-state index contributed by atoms with van der Waals surface area (Å²) < 4.78 is 6.65. The predicted molar refractivity (Wildman–Crippen MR) is 118 cm³/mol. The van der Waals surface area contributed by atoms with Crippen molar-refractivity contribution in [2.45, 2.75) is 6.54 Å². The first-order chi connectivity index (χ1) is 13.8. The highest BCUT2D eigenvalue weighted by Crippen LogP contribution is 2.33. The van der Waals surface area contributed by atoms with E-state index in [-0.39, 0.29) is 23.8 Å². The molecule has 1 fully saturated rings. The monoisotopic (exact) mass is 544 g/mol. The first kappa shape index (κ1) is 22.1. The van der Waals surface area contributed by atoms with Gasteiger partial charge in [-0.25, -0.2) is 4.79 Å². The van der Waals surface area contributed by atoms with Gasteiger partial charge in [0.05, 0.1) is 4.47 Å². The molecule has 0 aliphatic carbocycles. The van der Waals surface area contributed by atoms with E-state index >= 15 is 0 Å². The lowest BCUT2D eigenvalue weighted by Gasteiger charge is -2.34. The molecule has 0 aromatic heterocycles. The summed E-state index contributed by atoms with van der Waals surface area (Å²) in [6.45, 7) is 3.32. The lowest BCUT2D eigenvalue weighted by Crippen LogP contribution is -2.49. The van der Waals surface area contributed by atoms with Gasteiger partial charge in [-0.2, -0.15) is 0 Å². The van der Waals surface area contributed by atoms with Gasteiger partial charge in [0.2, 0.25) is 0 Å². The van der Waals surface area contributed by atoms with Gasteiger partial charge in [0.1, 0.15) is 11.3 Å². The fraction of sp³-hybridized carbons (Fsp3) is 0.300. The SMILES string of the molecule is O=C(O)c1cc(Br)cc(Br)c1OCC(=O)N1CCN(Cc2ccc(Cl)cc2)CC1. The highest BCUT2D eigenvalue weighted by Gasteiger charge is 2.23. The van der Waals surface area contributed by atoms with Gasteiger partial charge in [0.25, 0.3) is 5.91 Å². The summed E-state index contributed by atoms with van der Waals surface area (Å²) >= 11 is 12.5. The van der Waals surface area contributed by atoms with Gasteiger partial charge in [0, 0.05) is 42.2 Å². The van der Waals surface area contributed by atoms with E-state index in [0.29, 0.717) is 27.1 Å². The molecule has 0 bridgehead atoms. The fourth-order valence-electron chi connectivity index (χ4n) is 3.09. The lowest BCUT2D eigenvalue weighted by atomic mass is 10.2. The normalized spacial score (nSPS) is 14.7. The minimum atomic E-state index is -1.12. The minimum absolute atomic E-state index is 0.00756. The Labute approximate surface area is 190 Å². The maximum Gasteiger partial charge on any atom is 0.339 e. The van der Waals surface area contributed by atoms with Crippen LogP contribution in [0.2, 0.25) is 5.02 Å². The fourth-order valence-corrected chi connectivity index (χ4v) is 4.56. The second-order valence-corrected chi connectivity index (χ2v) is 8.85. The van der Waals surface area contributed by atoms with E-state index < -0.39 is 5.97 Å². The number of amides is 1. The molecule has 2 aromatic carbocycles. The molecule has 6 nitrogen and oxygen atoms in total. The molecule has 0 saturated carbocycles. The van der Waals surface area contributed by atoms with Gasteiger partial charge in [-0.3, -0.25) is 9.69 Å². The molecule has 0 spiro atoms. The Hall–Kier alpha value is -1.61. The lowest BCUT2D eigenvalue weighted by molar-refractivity contribution is -0.135. The summed E-state index contributed by atoms with van der Waals surface area (Å²) in [7, 11) is 0. The molecule has 1 heterocycles. The molecule has 154 valence electrons. The summed E-state index contributed by atoms with van der Waals surface area (Å²) in [6, 6.07) is 10.9. The third-order valence-electron chi connectivity index (χ3n) is 4.62. The number of piperazine rings is 1. The average Bonchev–Trinajstić information content (AvgIpc) is 2.69. The van der Waals surface area contributed by atoms with Gasteiger partial charge < -0.3 is 14.7 Å². The van der Waals surface area contributed by atoms with Gasteiger partial charge >= 0.3 is 5.97 Å². The molecular weight excluding hydrogens is 527 g/mol. The molecule has 0 unspecified atom stereocenters. The number of ether oxygens (including phenoxy) is 1. The van der Waals surface area contributed by atoms with Gasteiger partial charge in [-0.15, -0.1) is 0 Å². The molecule has 0 atom stereocenters. The van der Waals surface area contributed by atoms with E-state index in [9.17, 15) is 14.7 Å². The van der Waals surface area contributed by atoms with Crippen LogP contribution in [-0.4, -0.2) is 59.6 Å². The number of nitrogens with zero attached hydrogens (tertiary/aromatic N) is 2. The van der Waals surface area contributed by atoms with Crippen LogP contribution in [0.1, 0.15) is 15.9 Å². The number of benzene rings is 2. The summed E-state index contributed by atoms with van der Waals surface area (Å²) in [5.41, 5.74) is 1.17. The zero-order valence-corrected chi connectivity index (χ0v) is 19.3. The Balaban J connectivity index is 1.53. The summed E-state index contributed by atoms with van der Waals surface area (Å²) in [4.78, 5) is 28.0. The molecule has 1 amide bonds. The number of aromatic carboxylic acids is 1. The second kappa shape index (κ2) is 9.93. The number of hydrogen-bond acceptors (Lipinski definition) is 4. The second-order valence-electron chi connectivity index (χ2n) is 6.64. The van der Waals surface area contributed by atoms with E-state index in [2.05, 4.69) is 36.8 Å². The minimum Gasteiger partial charge on any atom is -0.482 e. The zero-order chi connectivity index (χ0) is 21.0. The van der Waals surface area contributed by atoms with Crippen LogP contribution < -0.4 is 4.74 Å². The standard InChI is InChI=1S/C20H19Br2ClN2O4/c21-14-9-16(20(27)28)19(17(22)10-14)29-12-18(26)25-7-5-24(6-8-25)11-13-1-3-15(23)4-2-13/h1-4,9-10H,5-8,11-12H2,(H,27,28). The van der Waals surface area contributed by atoms with Crippen LogP contribution in [-0.2, 0) is 11.3 Å². The van der Waals surface area contributed by atoms with Crippen molar-refractivity contribution in [2.75, 3.05) is 32.8 Å². The highest BCUT2D eigenvalue weighted by molar-refractivity contribution is 9.11. The molecule has 0 radical (unpaired) electrons. The summed E-state index contributed by atoms with van der Waals surface area (Å²) in [5.74, 6) is -1.14. The van der Waals surface area contributed by atoms with Crippen molar-refractivity contribution in [3.63, 3.8) is 0 Å². The van der Waals surface area contributed by atoms with Crippen LogP contribution in [0.4, 0.5) is 0 Å². The van der Waals surface area contributed by atoms with Crippen LogP contribution in [0.25, 0.3) is 0 Å². The van der Waals surface area contributed by atoms with E-state index in [1.807, 2.05) is 24.3 Å². The maximum atomic E-state index is 12.5. The molecule has 2 aromatic rings. The number of carboxylic acids is 1. The van der Waals surface area contributed by atoms with Crippen molar-refractivity contribution in [2.24, 2.45) is 0 Å². The Morgan fingerprint density at radius 3 is 2.34 bits per heavy atom. The number of carbonyl (C=O) groups excluding carboxylic acids is 1. The number of rotatable bonds is 6. The first-order valence-corrected chi connectivity index (χ1v) is 10.9. The molecular formula is C20H19Br2ClN2O4. The van der Waals surface area contributed by atoms with Crippen molar-refractivity contribution in [3.05, 3.63) is 61.5 Å². The number of halogens is 3. The average molecular weight is 547 g/mol. The van der Waals surface area contributed by atoms with Crippen LogP contribution >= 0.6 is 43.5 Å². The van der Waals surface area contributed by atoms with Crippen LogP contribution in [0.15, 0.2) is 45.3 Å². The van der Waals surface area contributed by atoms with Gasteiger partial charge in [-0.1, -0.05) is 39.7 Å². The Morgan fingerprint density at radius 1 is 1.07 bits per heavy atom. The van der Waals surface area contributed by atoms with E-state index in [4.69, 9.17) is 16.3 Å². The summed E-state index contributed by atoms with van der Waals surface area (Å²) in [6.07, 6.45) is 0. The highest BCUT2D eigenvalue weighted by atomic mass is 79.9. The van der Waals surface area contributed by atoms with Crippen LogP contribution in [0.3, 0.4) is 0 Å². The zero-order valence-electron chi connectivity index (χ0n) is 15.4. The Kier molecular flexibility index (Phi) is 7.56. The Morgan fingerprint density at radius 2 is 1.72 bits per heavy atom. The van der Waals surface area contributed by atoms with Crippen molar-refractivity contribution < 1.29 is 19.4 Å². The molecule has 29 heavy (non-hydrogen) atoms. The summed E-state index contributed by atoms with van der Waals surface area (Å²) in [5, 5.41) is 10.1. The molecule has 9 heteroatoms. The number of hydrogen-bond donors (Lipinski definition) is 1. The van der Waals surface area contributed by atoms with Gasteiger partial charge in [0.15, 0.2) is 6.61 Å². The van der Waals surface area contributed by atoms with Crippen molar-refractivity contribution in [1.82, 2.24) is 9.80 Å². The quantitative estimate of drug-likeness (QED) is 0.586. The van der Waals surface area contributed by atoms with E-state index in [1.54, 1.807) is 11.0 Å². The molecule has 1 aliphatic heterocycles. The molecule has 1 N–H and O–H groups in total. The smallest absolute Gasteiger partial charge is 0.339 e. The molecule has 1 aliphatic rings. The molecule has 1 saturated heterocycles. The predicted octanol–water partition coefficient (Wildman–Crippen LogP) is 4.29. The van der Waals surface area contributed by atoms with E-state index in [1.165, 1.54) is 11.6 Å². The van der Waals surface area contributed by atoms with Crippen molar-refractivity contribution in [3.8, 4) is 5.75 Å². The largest absolute Gasteiger partial charge is 0.482 e. The van der Waals surface area contributed by atoms with Crippen molar-refractivity contribution in [1.29, 1.82) is 0 Å². The third kappa shape index (κ3) is 5.94. The van der Waals surface area contributed by atoms with Crippen molar-refractivity contribution >= 4 is 55.3 Å². The molecule has 3 rings (SSSR count). The third-order valence-corrected chi connectivity index (χ3v) is 5.92. The topological polar surface area (TPSA) is 70.1 Å². The first-order valence-electron chi connectivity index (χ1n) is 8.93. The maximum absolute atomic E-state index is 12.5.